The summed E-state index contributed by atoms with van der Waals surface area (Å²) in [6.07, 6.45) is 1.54. The first kappa shape index (κ1) is 15.4. The zero-order valence-corrected chi connectivity index (χ0v) is 13.0. The fourth-order valence-electron chi connectivity index (χ4n) is 2.03. The number of hydrogen-bond donors (Lipinski definition) is 0. The summed E-state index contributed by atoms with van der Waals surface area (Å²) in [6.45, 7) is 0. The van der Waals surface area contributed by atoms with Crippen LogP contribution < -0.4 is 14.2 Å². The molecule has 2 rings (SSSR count). The van der Waals surface area contributed by atoms with Gasteiger partial charge in [-0.05, 0) is 42.7 Å². The van der Waals surface area contributed by atoms with E-state index in [1.807, 2.05) is 18.2 Å². The highest BCUT2D eigenvalue weighted by molar-refractivity contribution is 6.29. The molecule has 2 aromatic rings. The Kier molecular flexibility index (Phi) is 5.22. The largest absolute Gasteiger partial charge is 0.493 e. The van der Waals surface area contributed by atoms with Gasteiger partial charge in [0, 0.05) is 0 Å². The standard InChI is InChI=1S/C15H17ClN2O3/c1-19-12-8-10(9-13(20-2)15(12)21-3)4-5-11-6-7-14(16)18-17-11/h6-9H,4-5H2,1-3H3. The molecule has 6 heteroatoms. The molecule has 0 radical (unpaired) electrons. The molecule has 0 aliphatic heterocycles. The van der Waals surface area contributed by atoms with Crippen LogP contribution in [0.2, 0.25) is 5.15 Å². The molecule has 0 aliphatic rings. The molecule has 1 heterocycles. The van der Waals surface area contributed by atoms with Crippen LogP contribution in [-0.4, -0.2) is 31.5 Å². The van der Waals surface area contributed by atoms with E-state index in [1.165, 1.54) is 0 Å². The second-order valence-electron chi connectivity index (χ2n) is 4.38. The highest BCUT2D eigenvalue weighted by Gasteiger charge is 2.13. The molecule has 112 valence electrons. The summed E-state index contributed by atoms with van der Waals surface area (Å²) in [7, 11) is 4.79. The summed E-state index contributed by atoms with van der Waals surface area (Å²) in [6, 6.07) is 7.47. The number of ether oxygens (including phenoxy) is 3. The Morgan fingerprint density at radius 1 is 0.905 bits per heavy atom. The smallest absolute Gasteiger partial charge is 0.203 e. The minimum absolute atomic E-state index is 0.395. The summed E-state index contributed by atoms with van der Waals surface area (Å²) < 4.78 is 16.0. The third kappa shape index (κ3) is 3.76. The van der Waals surface area contributed by atoms with Crippen LogP contribution in [0.3, 0.4) is 0 Å². The van der Waals surface area contributed by atoms with Gasteiger partial charge in [0.05, 0.1) is 27.0 Å². The summed E-state index contributed by atoms with van der Waals surface area (Å²) in [4.78, 5) is 0. The molecule has 0 fully saturated rings. The van der Waals surface area contributed by atoms with Gasteiger partial charge >= 0.3 is 0 Å². The molecule has 0 unspecified atom stereocenters. The molecule has 1 aromatic heterocycles. The van der Waals surface area contributed by atoms with Crippen molar-refractivity contribution in [2.75, 3.05) is 21.3 Å². The quantitative estimate of drug-likeness (QED) is 0.821. The lowest BCUT2D eigenvalue weighted by molar-refractivity contribution is 0.324. The SMILES string of the molecule is COc1cc(CCc2ccc(Cl)nn2)cc(OC)c1OC. The predicted octanol–water partition coefficient (Wildman–Crippen LogP) is 2.94. The van der Waals surface area contributed by atoms with Crippen molar-refractivity contribution in [2.24, 2.45) is 0 Å². The highest BCUT2D eigenvalue weighted by atomic mass is 35.5. The van der Waals surface area contributed by atoms with Gasteiger partial charge in [0.1, 0.15) is 0 Å². The summed E-state index contributed by atoms with van der Waals surface area (Å²) in [5.41, 5.74) is 1.95. The topological polar surface area (TPSA) is 53.5 Å². The number of benzene rings is 1. The van der Waals surface area contributed by atoms with Crippen LogP contribution in [0.15, 0.2) is 24.3 Å². The molecule has 0 spiro atoms. The van der Waals surface area contributed by atoms with Crippen LogP contribution in [0.25, 0.3) is 0 Å². The van der Waals surface area contributed by atoms with Gasteiger partial charge in [0.2, 0.25) is 5.75 Å². The van der Waals surface area contributed by atoms with Gasteiger partial charge in [0.15, 0.2) is 16.7 Å². The van der Waals surface area contributed by atoms with Crippen molar-refractivity contribution < 1.29 is 14.2 Å². The van der Waals surface area contributed by atoms with Gasteiger partial charge < -0.3 is 14.2 Å². The number of hydrogen-bond acceptors (Lipinski definition) is 5. The van der Waals surface area contributed by atoms with Gasteiger partial charge in [-0.2, -0.15) is 5.10 Å². The lowest BCUT2D eigenvalue weighted by atomic mass is 10.1. The van der Waals surface area contributed by atoms with E-state index in [9.17, 15) is 0 Å². The Morgan fingerprint density at radius 3 is 2.05 bits per heavy atom. The lowest BCUT2D eigenvalue weighted by Gasteiger charge is -2.14. The van der Waals surface area contributed by atoms with E-state index in [1.54, 1.807) is 27.4 Å². The van der Waals surface area contributed by atoms with Crippen molar-refractivity contribution >= 4 is 11.6 Å². The third-order valence-corrected chi connectivity index (χ3v) is 3.28. The Labute approximate surface area is 128 Å². The molecule has 0 atom stereocenters. The van der Waals surface area contributed by atoms with E-state index in [4.69, 9.17) is 25.8 Å². The second-order valence-corrected chi connectivity index (χ2v) is 4.77. The van der Waals surface area contributed by atoms with Crippen molar-refractivity contribution in [2.45, 2.75) is 12.8 Å². The zero-order valence-electron chi connectivity index (χ0n) is 12.2. The first-order chi connectivity index (χ1) is 10.2. The predicted molar refractivity (Wildman–Crippen MR) is 80.5 cm³/mol. The van der Waals surface area contributed by atoms with Crippen LogP contribution in [0.5, 0.6) is 17.2 Å². The molecule has 0 aliphatic carbocycles. The minimum atomic E-state index is 0.395. The van der Waals surface area contributed by atoms with Crippen LogP contribution in [-0.2, 0) is 12.8 Å². The van der Waals surface area contributed by atoms with Crippen molar-refractivity contribution in [3.63, 3.8) is 0 Å². The number of aromatic nitrogens is 2. The lowest BCUT2D eigenvalue weighted by Crippen LogP contribution is -2.00. The van der Waals surface area contributed by atoms with Crippen molar-refractivity contribution in [1.82, 2.24) is 10.2 Å². The highest BCUT2D eigenvalue weighted by Crippen LogP contribution is 2.38. The number of rotatable bonds is 6. The van der Waals surface area contributed by atoms with Crippen molar-refractivity contribution in [1.29, 1.82) is 0 Å². The minimum Gasteiger partial charge on any atom is -0.493 e. The monoisotopic (exact) mass is 308 g/mol. The average molecular weight is 309 g/mol. The van der Waals surface area contributed by atoms with Crippen LogP contribution in [0, 0.1) is 0 Å². The third-order valence-electron chi connectivity index (χ3n) is 3.08. The van der Waals surface area contributed by atoms with Gasteiger partial charge in [0.25, 0.3) is 0 Å². The van der Waals surface area contributed by atoms with E-state index in [2.05, 4.69) is 10.2 Å². The molecule has 1 aromatic carbocycles. The molecule has 0 N–H and O–H groups in total. The van der Waals surface area contributed by atoms with Gasteiger partial charge in [-0.1, -0.05) is 11.6 Å². The molecule has 5 nitrogen and oxygen atoms in total. The van der Waals surface area contributed by atoms with Crippen LogP contribution >= 0.6 is 11.6 Å². The summed E-state index contributed by atoms with van der Waals surface area (Å²) >= 11 is 5.72. The molecule has 0 bridgehead atoms. The fraction of sp³-hybridized carbons (Fsp3) is 0.333. The summed E-state index contributed by atoms with van der Waals surface area (Å²) in [5.74, 6) is 1.89. The van der Waals surface area contributed by atoms with Gasteiger partial charge in [-0.25, -0.2) is 0 Å². The maximum Gasteiger partial charge on any atom is 0.203 e. The number of methoxy groups -OCH3 is 3. The Bertz CT molecular complexity index is 577. The first-order valence-electron chi connectivity index (χ1n) is 6.45. The average Bonchev–Trinajstić information content (AvgIpc) is 2.53. The zero-order chi connectivity index (χ0) is 15.2. The number of nitrogens with zero attached hydrogens (tertiary/aromatic N) is 2. The second kappa shape index (κ2) is 7.13. The molecular formula is C15H17ClN2O3. The molecule has 0 amide bonds. The van der Waals surface area contributed by atoms with Gasteiger partial charge in [-0.3, -0.25) is 0 Å². The Hall–Kier alpha value is -2.01. The van der Waals surface area contributed by atoms with E-state index in [0.29, 0.717) is 22.4 Å². The van der Waals surface area contributed by atoms with Crippen LogP contribution in [0.1, 0.15) is 11.3 Å². The normalized spacial score (nSPS) is 10.3. The summed E-state index contributed by atoms with van der Waals surface area (Å²) in [5, 5.41) is 8.27. The Balaban J connectivity index is 2.18. The number of halogens is 1. The molecular weight excluding hydrogens is 292 g/mol. The van der Waals surface area contributed by atoms with Crippen molar-refractivity contribution in [3.8, 4) is 17.2 Å². The maximum atomic E-state index is 5.72. The van der Waals surface area contributed by atoms with Crippen molar-refractivity contribution in [3.05, 3.63) is 40.7 Å². The van der Waals surface area contributed by atoms with Crippen LogP contribution in [0.4, 0.5) is 0 Å². The maximum absolute atomic E-state index is 5.72. The number of aryl methyl sites for hydroxylation is 2. The van der Waals surface area contributed by atoms with E-state index < -0.39 is 0 Å². The molecule has 0 saturated heterocycles. The van der Waals surface area contributed by atoms with E-state index in [-0.39, 0.29) is 0 Å². The van der Waals surface area contributed by atoms with Gasteiger partial charge in [-0.15, -0.1) is 5.10 Å². The molecule has 0 saturated carbocycles. The molecule has 21 heavy (non-hydrogen) atoms. The van der Waals surface area contributed by atoms with E-state index >= 15 is 0 Å². The Morgan fingerprint density at radius 2 is 1.57 bits per heavy atom. The fourth-order valence-corrected chi connectivity index (χ4v) is 2.13. The first-order valence-corrected chi connectivity index (χ1v) is 6.82. The van der Waals surface area contributed by atoms with E-state index in [0.717, 1.165) is 24.1 Å².